The van der Waals surface area contributed by atoms with E-state index in [1.165, 1.54) is 43.9 Å². The Kier molecular flexibility index (Phi) is 9.99. The molecule has 5 nitrogen and oxygen atoms in total. The van der Waals surface area contributed by atoms with Gasteiger partial charge in [-0.3, -0.25) is 0 Å². The summed E-state index contributed by atoms with van der Waals surface area (Å²) < 4.78 is 41.9. The van der Waals surface area contributed by atoms with Crippen molar-refractivity contribution in [2.75, 3.05) is 18.4 Å². The van der Waals surface area contributed by atoms with Crippen LogP contribution in [0.25, 0.3) is 11.1 Å². The first-order chi connectivity index (χ1) is 18.6. The lowest BCUT2D eigenvalue weighted by Crippen LogP contribution is -2.34. The first kappa shape index (κ1) is 29.1. The van der Waals surface area contributed by atoms with Gasteiger partial charge in [-0.2, -0.15) is 0 Å². The summed E-state index contributed by atoms with van der Waals surface area (Å²) in [6, 6.07) is 18.5. The van der Waals surface area contributed by atoms with Crippen molar-refractivity contribution in [2.24, 2.45) is 0 Å². The smallest absolute Gasteiger partial charge is 0.406 e. The molecule has 0 spiro atoms. The van der Waals surface area contributed by atoms with E-state index in [1.807, 2.05) is 24.3 Å². The monoisotopic (exact) mass is 579 g/mol. The third-order valence-electron chi connectivity index (χ3n) is 6.69. The van der Waals surface area contributed by atoms with Gasteiger partial charge in [-0.05, 0) is 72.8 Å². The van der Waals surface area contributed by atoms with E-state index in [0.717, 1.165) is 24.1 Å². The van der Waals surface area contributed by atoms with E-state index in [2.05, 4.69) is 20.7 Å². The van der Waals surface area contributed by atoms with Crippen molar-refractivity contribution in [2.45, 2.75) is 50.4 Å². The third-order valence-corrected chi connectivity index (χ3v) is 7.13. The second kappa shape index (κ2) is 13.4. The largest absolute Gasteiger partial charge is 0.573 e. The highest BCUT2D eigenvalue weighted by atomic mass is 35.5. The summed E-state index contributed by atoms with van der Waals surface area (Å²) in [5, 5.41) is 10.2. The predicted molar refractivity (Wildman–Crippen MR) is 150 cm³/mol. The van der Waals surface area contributed by atoms with E-state index in [9.17, 15) is 18.0 Å². The van der Waals surface area contributed by atoms with Crippen LogP contribution in [-0.2, 0) is 0 Å². The van der Waals surface area contributed by atoms with E-state index in [4.69, 9.17) is 23.2 Å². The number of urea groups is 1. The zero-order chi connectivity index (χ0) is 27.8. The van der Waals surface area contributed by atoms with E-state index < -0.39 is 6.36 Å². The van der Waals surface area contributed by atoms with Crippen molar-refractivity contribution in [3.8, 4) is 16.9 Å². The summed E-state index contributed by atoms with van der Waals surface area (Å²) >= 11 is 12.1. The molecule has 4 rings (SSSR count). The van der Waals surface area contributed by atoms with Gasteiger partial charge in [-0.15, -0.1) is 13.2 Å². The molecule has 1 fully saturated rings. The van der Waals surface area contributed by atoms with Crippen molar-refractivity contribution in [3.63, 3.8) is 0 Å². The fraction of sp³-hybridized carbons (Fsp3) is 0.345. The Balaban J connectivity index is 1.43. The Labute approximate surface area is 236 Å². The molecule has 1 saturated carbocycles. The lowest BCUT2D eigenvalue weighted by Gasteiger charge is -2.21. The summed E-state index contributed by atoms with van der Waals surface area (Å²) in [6.45, 7) is 1.20. The zero-order valence-corrected chi connectivity index (χ0v) is 22.7. The van der Waals surface area contributed by atoms with E-state index >= 15 is 0 Å². The molecule has 208 valence electrons. The minimum absolute atomic E-state index is 0.0153. The fourth-order valence-electron chi connectivity index (χ4n) is 4.82. The van der Waals surface area contributed by atoms with Crippen LogP contribution in [0.15, 0.2) is 66.7 Å². The van der Waals surface area contributed by atoms with Crippen molar-refractivity contribution >= 4 is 34.9 Å². The quantitative estimate of drug-likeness (QED) is 0.226. The molecule has 2 amide bonds. The van der Waals surface area contributed by atoms with E-state index in [1.54, 1.807) is 24.3 Å². The number of amides is 2. The molecule has 0 aliphatic heterocycles. The standard InChI is InChI=1S/C29H30Cl2F3N3O2/c30-23-15-24(31)17-26(16-23)37-28(38)36-18-22(12-13-35-25-5-1-2-6-25)20-10-8-19(9-11-20)21-4-3-7-27(14-21)39-29(32,33)34/h3-4,7-11,14-17,22,25,35H,1-2,5-6,12-13,18H2,(H2,36,37,38). The minimum Gasteiger partial charge on any atom is -0.406 e. The maximum atomic E-state index is 12.6. The molecule has 3 aromatic rings. The molecule has 0 aromatic heterocycles. The number of benzene rings is 3. The number of anilines is 1. The average Bonchev–Trinajstić information content (AvgIpc) is 3.38. The van der Waals surface area contributed by atoms with Gasteiger partial charge in [0.05, 0.1) is 0 Å². The summed E-state index contributed by atoms with van der Waals surface area (Å²) in [6.07, 6.45) is 0.896. The maximum absolute atomic E-state index is 12.6. The Morgan fingerprint density at radius 1 is 0.949 bits per heavy atom. The maximum Gasteiger partial charge on any atom is 0.573 e. The number of nitrogens with one attached hydrogen (secondary N) is 3. The van der Waals surface area contributed by atoms with Crippen molar-refractivity contribution in [1.82, 2.24) is 10.6 Å². The molecule has 0 bridgehead atoms. The van der Waals surface area contributed by atoms with Crippen LogP contribution in [-0.4, -0.2) is 31.5 Å². The molecule has 3 aromatic carbocycles. The Morgan fingerprint density at radius 2 is 1.64 bits per heavy atom. The van der Waals surface area contributed by atoms with Gasteiger partial charge >= 0.3 is 12.4 Å². The van der Waals surface area contributed by atoms with Gasteiger partial charge in [0.25, 0.3) is 0 Å². The molecule has 1 aliphatic rings. The van der Waals surface area contributed by atoms with Gasteiger partial charge in [0.2, 0.25) is 0 Å². The number of hydrogen-bond acceptors (Lipinski definition) is 3. The number of alkyl halides is 3. The number of carbonyl (C=O) groups is 1. The van der Waals surface area contributed by atoms with Gasteiger partial charge in [0.1, 0.15) is 5.75 Å². The summed E-state index contributed by atoms with van der Waals surface area (Å²) in [4.78, 5) is 12.6. The molecule has 1 unspecified atom stereocenters. The highest BCUT2D eigenvalue weighted by Crippen LogP contribution is 2.30. The van der Waals surface area contributed by atoms with Crippen LogP contribution in [0, 0.1) is 0 Å². The topological polar surface area (TPSA) is 62.4 Å². The lowest BCUT2D eigenvalue weighted by atomic mass is 9.93. The molecule has 1 aliphatic carbocycles. The lowest BCUT2D eigenvalue weighted by molar-refractivity contribution is -0.274. The second-order valence-corrected chi connectivity index (χ2v) is 10.5. The van der Waals surface area contributed by atoms with Gasteiger partial charge in [-0.25, -0.2) is 4.79 Å². The predicted octanol–water partition coefficient (Wildman–Crippen LogP) is 8.39. The van der Waals surface area contributed by atoms with Crippen molar-refractivity contribution in [3.05, 3.63) is 82.3 Å². The number of hydrogen-bond donors (Lipinski definition) is 3. The SMILES string of the molecule is O=C(NCC(CCNC1CCCC1)c1ccc(-c2cccc(OC(F)(F)F)c2)cc1)Nc1cc(Cl)cc(Cl)c1. The Hall–Kier alpha value is -2.94. The number of carbonyl (C=O) groups excluding carboxylic acids is 1. The number of halogens is 5. The van der Waals surface area contributed by atoms with Gasteiger partial charge in [0.15, 0.2) is 0 Å². The first-order valence-corrected chi connectivity index (χ1v) is 13.6. The zero-order valence-electron chi connectivity index (χ0n) is 21.2. The molecule has 0 saturated heterocycles. The Morgan fingerprint density at radius 3 is 2.31 bits per heavy atom. The van der Waals surface area contributed by atoms with Gasteiger partial charge < -0.3 is 20.7 Å². The molecular formula is C29H30Cl2F3N3O2. The Bertz CT molecular complexity index is 1230. The van der Waals surface area contributed by atoms with Gasteiger partial charge in [0, 0.05) is 34.2 Å². The molecule has 0 radical (unpaired) electrons. The van der Waals surface area contributed by atoms with Crippen LogP contribution in [0.1, 0.15) is 43.6 Å². The highest BCUT2D eigenvalue weighted by molar-refractivity contribution is 6.35. The van der Waals surface area contributed by atoms with Crippen molar-refractivity contribution < 1.29 is 22.7 Å². The first-order valence-electron chi connectivity index (χ1n) is 12.8. The number of ether oxygens (including phenoxy) is 1. The number of rotatable bonds is 10. The minimum atomic E-state index is -4.75. The van der Waals surface area contributed by atoms with E-state index in [0.29, 0.717) is 33.9 Å². The van der Waals surface area contributed by atoms with Crippen LogP contribution in [0.4, 0.5) is 23.7 Å². The van der Waals surface area contributed by atoms with Gasteiger partial charge in [-0.1, -0.05) is 72.4 Å². The molecule has 39 heavy (non-hydrogen) atoms. The van der Waals surface area contributed by atoms with E-state index in [-0.39, 0.29) is 17.7 Å². The third kappa shape index (κ3) is 9.34. The average molecular weight is 580 g/mol. The molecule has 0 heterocycles. The van der Waals surface area contributed by atoms with Crippen LogP contribution in [0.3, 0.4) is 0 Å². The van der Waals surface area contributed by atoms with Crippen LogP contribution in [0.5, 0.6) is 5.75 Å². The second-order valence-electron chi connectivity index (χ2n) is 9.61. The van der Waals surface area contributed by atoms with Crippen LogP contribution in [0.2, 0.25) is 10.0 Å². The molecule has 1 atom stereocenters. The summed E-state index contributed by atoms with van der Waals surface area (Å²) in [5.74, 6) is -0.252. The summed E-state index contributed by atoms with van der Waals surface area (Å²) in [7, 11) is 0. The summed E-state index contributed by atoms with van der Waals surface area (Å²) in [5.41, 5.74) is 2.88. The van der Waals surface area contributed by atoms with Crippen molar-refractivity contribution in [1.29, 1.82) is 0 Å². The molecular weight excluding hydrogens is 550 g/mol. The normalized spacial score (nSPS) is 14.7. The van der Waals surface area contributed by atoms with Crippen LogP contribution < -0.4 is 20.7 Å². The molecule has 3 N–H and O–H groups in total. The van der Waals surface area contributed by atoms with Crippen LogP contribution >= 0.6 is 23.2 Å². The highest BCUT2D eigenvalue weighted by Gasteiger charge is 2.31. The fourth-order valence-corrected chi connectivity index (χ4v) is 5.34. The molecule has 10 heteroatoms.